The monoisotopic (exact) mass is 242 g/mol. The van der Waals surface area contributed by atoms with Crippen LogP contribution in [0.4, 0.5) is 0 Å². The fourth-order valence-corrected chi connectivity index (χ4v) is 2.73. The van der Waals surface area contributed by atoms with Gasteiger partial charge in [0, 0.05) is 13.1 Å². The number of hydrogen-bond acceptors (Lipinski definition) is 4. The molecule has 0 aromatic carbocycles. The van der Waals surface area contributed by atoms with Gasteiger partial charge in [0.1, 0.15) is 6.61 Å². The van der Waals surface area contributed by atoms with Crippen molar-refractivity contribution in [3.63, 3.8) is 0 Å². The highest BCUT2D eigenvalue weighted by molar-refractivity contribution is 5.78. The summed E-state index contributed by atoms with van der Waals surface area (Å²) >= 11 is 0. The number of fused-ring (bicyclic) bond motifs is 1. The van der Waals surface area contributed by atoms with Crippen LogP contribution in [0.5, 0.6) is 0 Å². The lowest BCUT2D eigenvalue weighted by Crippen LogP contribution is -2.55. The smallest absolute Gasteiger partial charge is 0.248 e. The van der Waals surface area contributed by atoms with Crippen LogP contribution in [0, 0.1) is 0 Å². The molecule has 98 valence electrons. The molecule has 0 aromatic heterocycles. The summed E-state index contributed by atoms with van der Waals surface area (Å²) in [6, 6.07) is 0.270. The first-order valence-corrected chi connectivity index (χ1v) is 6.52. The van der Waals surface area contributed by atoms with Crippen LogP contribution in [0.1, 0.15) is 25.7 Å². The van der Waals surface area contributed by atoms with Crippen molar-refractivity contribution in [2.24, 2.45) is 5.73 Å². The van der Waals surface area contributed by atoms with E-state index in [2.05, 4.69) is 0 Å². The van der Waals surface area contributed by atoms with Gasteiger partial charge in [0.15, 0.2) is 0 Å². The number of carbonyl (C=O) groups is 1. The molecule has 17 heavy (non-hydrogen) atoms. The Morgan fingerprint density at radius 1 is 1.41 bits per heavy atom. The molecule has 1 amide bonds. The van der Waals surface area contributed by atoms with Gasteiger partial charge in [-0.2, -0.15) is 0 Å². The highest BCUT2D eigenvalue weighted by Gasteiger charge is 2.36. The molecule has 0 bridgehead atoms. The van der Waals surface area contributed by atoms with Crippen molar-refractivity contribution in [3.8, 4) is 0 Å². The third-order valence-electron chi connectivity index (χ3n) is 3.54. The molecule has 5 nitrogen and oxygen atoms in total. The van der Waals surface area contributed by atoms with E-state index in [1.54, 1.807) is 0 Å². The number of nitrogens with zero attached hydrogens (tertiary/aromatic N) is 1. The molecular formula is C12H22N2O3. The average Bonchev–Trinajstić information content (AvgIpc) is 2.38. The van der Waals surface area contributed by atoms with Crippen LogP contribution in [0.3, 0.4) is 0 Å². The summed E-state index contributed by atoms with van der Waals surface area (Å²) in [7, 11) is 0. The second-order valence-corrected chi connectivity index (χ2v) is 4.69. The minimum Gasteiger partial charge on any atom is -0.374 e. The van der Waals surface area contributed by atoms with Crippen LogP contribution in [-0.4, -0.2) is 55.9 Å². The summed E-state index contributed by atoms with van der Waals surface area (Å²) in [6.07, 6.45) is 4.80. The van der Waals surface area contributed by atoms with E-state index in [4.69, 9.17) is 15.2 Å². The minimum atomic E-state index is 0.0821. The van der Waals surface area contributed by atoms with Crippen molar-refractivity contribution in [1.82, 2.24) is 4.90 Å². The normalized spacial score (nSPS) is 28.9. The topological polar surface area (TPSA) is 64.8 Å². The molecule has 1 heterocycles. The molecule has 0 radical (unpaired) electrons. The fraction of sp³-hybridized carbons (Fsp3) is 0.917. The number of nitrogens with two attached hydrogens (primary N) is 1. The molecule has 1 saturated heterocycles. The van der Waals surface area contributed by atoms with E-state index in [1.807, 2.05) is 4.90 Å². The number of carbonyl (C=O) groups excluding carboxylic acids is 1. The lowest BCUT2D eigenvalue weighted by molar-refractivity contribution is -0.154. The van der Waals surface area contributed by atoms with Gasteiger partial charge in [0.25, 0.3) is 0 Å². The Balaban J connectivity index is 1.87. The Kier molecular flexibility index (Phi) is 4.76. The number of hydrogen-bond donors (Lipinski definition) is 1. The molecule has 2 N–H and O–H groups in total. The third-order valence-corrected chi connectivity index (χ3v) is 3.54. The van der Waals surface area contributed by atoms with Gasteiger partial charge < -0.3 is 20.1 Å². The van der Waals surface area contributed by atoms with Gasteiger partial charge in [0.2, 0.25) is 5.91 Å². The Bertz CT molecular complexity index is 258. The van der Waals surface area contributed by atoms with Crippen LogP contribution >= 0.6 is 0 Å². The Hall–Kier alpha value is -0.650. The Morgan fingerprint density at radius 2 is 2.24 bits per heavy atom. The molecule has 2 fully saturated rings. The van der Waals surface area contributed by atoms with Crippen molar-refractivity contribution < 1.29 is 14.3 Å². The number of morpholine rings is 1. The average molecular weight is 242 g/mol. The van der Waals surface area contributed by atoms with Crippen LogP contribution in [-0.2, 0) is 14.3 Å². The summed E-state index contributed by atoms with van der Waals surface area (Å²) in [5.41, 5.74) is 5.33. The lowest BCUT2D eigenvalue weighted by atomic mass is 9.90. The Morgan fingerprint density at radius 3 is 3.06 bits per heavy atom. The summed E-state index contributed by atoms with van der Waals surface area (Å²) in [5.74, 6) is 0.0821. The molecule has 0 aromatic rings. The molecule has 1 saturated carbocycles. The zero-order chi connectivity index (χ0) is 12.1. The number of amides is 1. The van der Waals surface area contributed by atoms with E-state index in [9.17, 15) is 4.79 Å². The first-order chi connectivity index (χ1) is 8.33. The van der Waals surface area contributed by atoms with E-state index in [0.717, 1.165) is 12.8 Å². The molecule has 5 heteroatoms. The molecule has 1 aliphatic carbocycles. The summed E-state index contributed by atoms with van der Waals surface area (Å²) in [4.78, 5) is 14.0. The molecule has 2 unspecified atom stereocenters. The quantitative estimate of drug-likeness (QED) is 0.712. The Labute approximate surface area is 102 Å². The summed E-state index contributed by atoms with van der Waals surface area (Å²) < 4.78 is 11.0. The van der Waals surface area contributed by atoms with Crippen molar-refractivity contribution >= 4 is 5.91 Å². The van der Waals surface area contributed by atoms with Crippen molar-refractivity contribution in [2.75, 3.05) is 32.9 Å². The standard InChI is InChI=1S/C12H22N2O3/c13-5-7-16-9-12(15)14-6-8-17-11-4-2-1-3-10(11)14/h10-11H,1-9,13H2. The van der Waals surface area contributed by atoms with Gasteiger partial charge in [-0.25, -0.2) is 0 Å². The highest BCUT2D eigenvalue weighted by atomic mass is 16.5. The van der Waals surface area contributed by atoms with E-state index in [1.165, 1.54) is 12.8 Å². The van der Waals surface area contributed by atoms with Gasteiger partial charge in [0.05, 0.1) is 25.4 Å². The predicted octanol–water partition coefficient (Wildman–Crippen LogP) is 0.132. The van der Waals surface area contributed by atoms with Crippen molar-refractivity contribution in [3.05, 3.63) is 0 Å². The van der Waals surface area contributed by atoms with Gasteiger partial charge in [-0.3, -0.25) is 4.79 Å². The second kappa shape index (κ2) is 6.33. The van der Waals surface area contributed by atoms with E-state index >= 15 is 0 Å². The molecular weight excluding hydrogens is 220 g/mol. The maximum absolute atomic E-state index is 12.0. The molecule has 1 aliphatic heterocycles. The minimum absolute atomic E-state index is 0.0821. The third kappa shape index (κ3) is 3.18. The zero-order valence-electron chi connectivity index (χ0n) is 10.3. The van der Waals surface area contributed by atoms with Gasteiger partial charge in [-0.05, 0) is 12.8 Å². The molecule has 2 aliphatic rings. The predicted molar refractivity (Wildman–Crippen MR) is 63.6 cm³/mol. The molecule has 2 rings (SSSR count). The maximum atomic E-state index is 12.0. The number of ether oxygens (including phenoxy) is 2. The van der Waals surface area contributed by atoms with Crippen molar-refractivity contribution in [1.29, 1.82) is 0 Å². The number of rotatable bonds is 4. The largest absolute Gasteiger partial charge is 0.374 e. The summed E-state index contributed by atoms with van der Waals surface area (Å²) in [5, 5.41) is 0. The fourth-order valence-electron chi connectivity index (χ4n) is 2.73. The van der Waals surface area contributed by atoms with Gasteiger partial charge in [-0.1, -0.05) is 12.8 Å². The van der Waals surface area contributed by atoms with E-state index < -0.39 is 0 Å². The maximum Gasteiger partial charge on any atom is 0.248 e. The lowest BCUT2D eigenvalue weighted by Gasteiger charge is -2.43. The zero-order valence-corrected chi connectivity index (χ0v) is 10.3. The van der Waals surface area contributed by atoms with Crippen LogP contribution in [0.15, 0.2) is 0 Å². The first kappa shape index (κ1) is 12.8. The van der Waals surface area contributed by atoms with Gasteiger partial charge >= 0.3 is 0 Å². The van der Waals surface area contributed by atoms with Crippen LogP contribution < -0.4 is 5.73 Å². The SMILES string of the molecule is NCCOCC(=O)N1CCOC2CCCCC21. The molecule has 2 atom stereocenters. The van der Waals surface area contributed by atoms with E-state index in [0.29, 0.717) is 26.3 Å². The first-order valence-electron chi connectivity index (χ1n) is 6.52. The summed E-state index contributed by atoms with van der Waals surface area (Å²) in [6.45, 7) is 2.42. The van der Waals surface area contributed by atoms with Crippen LogP contribution in [0.25, 0.3) is 0 Å². The van der Waals surface area contributed by atoms with E-state index in [-0.39, 0.29) is 24.7 Å². The van der Waals surface area contributed by atoms with Crippen molar-refractivity contribution in [2.45, 2.75) is 37.8 Å². The molecule has 0 spiro atoms. The van der Waals surface area contributed by atoms with Crippen LogP contribution in [0.2, 0.25) is 0 Å². The highest BCUT2D eigenvalue weighted by Crippen LogP contribution is 2.28. The second-order valence-electron chi connectivity index (χ2n) is 4.69. The van der Waals surface area contributed by atoms with Gasteiger partial charge in [-0.15, -0.1) is 0 Å².